The van der Waals surface area contributed by atoms with E-state index < -0.39 is 5.91 Å². The Bertz CT molecular complexity index is 1220. The molecule has 0 unspecified atom stereocenters. The molecule has 0 aliphatic rings. The summed E-state index contributed by atoms with van der Waals surface area (Å²) in [6, 6.07) is 18.4. The summed E-state index contributed by atoms with van der Waals surface area (Å²) in [6.45, 7) is 1.99. The highest BCUT2D eigenvalue weighted by Gasteiger charge is 2.15. The Kier molecular flexibility index (Phi) is 7.48. The van der Waals surface area contributed by atoms with Gasteiger partial charge in [-0.05, 0) is 66.1 Å². The molecule has 0 aromatic heterocycles. The highest BCUT2D eigenvalue weighted by Crippen LogP contribution is 2.37. The van der Waals surface area contributed by atoms with Gasteiger partial charge in [-0.25, -0.2) is 4.39 Å². The second kappa shape index (κ2) is 10.5. The summed E-state index contributed by atoms with van der Waals surface area (Å²) in [6.07, 6.45) is 1.41. The predicted octanol–water partition coefficient (Wildman–Crippen LogP) is 5.92. The fourth-order valence-electron chi connectivity index (χ4n) is 2.98. The number of nitrogens with zero attached hydrogens (tertiary/aromatic N) is 1. The van der Waals surface area contributed by atoms with Gasteiger partial charge in [0.15, 0.2) is 11.5 Å². The lowest BCUT2D eigenvalue weighted by Crippen LogP contribution is -2.13. The smallest absolute Gasteiger partial charge is 0.266 e. The molecule has 0 aliphatic heterocycles. The lowest BCUT2D eigenvalue weighted by atomic mass is 10.1. The Morgan fingerprint density at radius 3 is 2.66 bits per heavy atom. The number of carbonyl (C=O) groups is 1. The van der Waals surface area contributed by atoms with Gasteiger partial charge in [-0.2, -0.15) is 5.26 Å². The molecular weight excluding hydrogens is 431 g/mol. The van der Waals surface area contributed by atoms with Crippen LogP contribution in [0.3, 0.4) is 0 Å². The molecule has 3 rings (SSSR count). The Morgan fingerprint density at radius 2 is 1.97 bits per heavy atom. The Hall–Kier alpha value is -3.82. The zero-order valence-electron chi connectivity index (χ0n) is 17.5. The van der Waals surface area contributed by atoms with Crippen molar-refractivity contribution in [1.82, 2.24) is 0 Å². The van der Waals surface area contributed by atoms with Gasteiger partial charge < -0.3 is 14.8 Å². The van der Waals surface area contributed by atoms with Crippen molar-refractivity contribution in [3.63, 3.8) is 0 Å². The van der Waals surface area contributed by atoms with Crippen LogP contribution in [-0.4, -0.2) is 13.0 Å². The topological polar surface area (TPSA) is 71.3 Å². The fourth-order valence-corrected chi connectivity index (χ4v) is 3.26. The highest BCUT2D eigenvalue weighted by molar-refractivity contribution is 6.32. The summed E-state index contributed by atoms with van der Waals surface area (Å²) in [7, 11) is 1.45. The molecule has 0 saturated carbocycles. The molecule has 0 aliphatic carbocycles. The SMILES string of the molecule is COc1cc(/C=C(/C#N)C(=O)Nc2cccc(C)c2)cc(Cl)c1OCc1cccc(F)c1. The minimum absolute atomic E-state index is 0.0887. The molecule has 0 saturated heterocycles. The third-order valence-electron chi connectivity index (χ3n) is 4.48. The van der Waals surface area contributed by atoms with Crippen LogP contribution in [0.2, 0.25) is 5.02 Å². The summed E-state index contributed by atoms with van der Waals surface area (Å²) in [5.74, 6) is -0.313. The lowest BCUT2D eigenvalue weighted by Gasteiger charge is -2.14. The van der Waals surface area contributed by atoms with Crippen molar-refractivity contribution in [2.45, 2.75) is 13.5 Å². The quantitative estimate of drug-likeness (QED) is 0.358. The zero-order valence-corrected chi connectivity index (χ0v) is 18.2. The summed E-state index contributed by atoms with van der Waals surface area (Å²) < 4.78 is 24.5. The largest absolute Gasteiger partial charge is 0.493 e. The Morgan fingerprint density at radius 1 is 1.19 bits per heavy atom. The number of hydrogen-bond donors (Lipinski definition) is 1. The van der Waals surface area contributed by atoms with Crippen molar-refractivity contribution in [1.29, 1.82) is 5.26 Å². The number of aryl methyl sites for hydroxylation is 1. The van der Waals surface area contributed by atoms with Gasteiger partial charge in [0.2, 0.25) is 0 Å². The number of carbonyl (C=O) groups excluding carboxylic acids is 1. The summed E-state index contributed by atoms with van der Waals surface area (Å²) in [4.78, 5) is 12.5. The van der Waals surface area contributed by atoms with Crippen molar-refractivity contribution in [2.24, 2.45) is 0 Å². The van der Waals surface area contributed by atoms with Crippen molar-refractivity contribution < 1.29 is 18.7 Å². The van der Waals surface area contributed by atoms with Crippen LogP contribution in [0.4, 0.5) is 10.1 Å². The molecule has 3 aromatic carbocycles. The van der Waals surface area contributed by atoms with Crippen LogP contribution in [0.5, 0.6) is 11.5 Å². The van der Waals surface area contributed by atoms with Gasteiger partial charge >= 0.3 is 0 Å². The minimum Gasteiger partial charge on any atom is -0.493 e. The van der Waals surface area contributed by atoms with Crippen molar-refractivity contribution in [3.8, 4) is 17.6 Å². The van der Waals surface area contributed by atoms with E-state index in [-0.39, 0.29) is 28.8 Å². The first kappa shape index (κ1) is 22.9. The van der Waals surface area contributed by atoms with E-state index in [2.05, 4.69) is 5.32 Å². The number of rotatable bonds is 7. The maximum absolute atomic E-state index is 13.4. The normalized spacial score (nSPS) is 10.9. The first-order valence-corrected chi connectivity index (χ1v) is 10.0. The third-order valence-corrected chi connectivity index (χ3v) is 4.76. The Labute approximate surface area is 190 Å². The summed E-state index contributed by atoms with van der Waals surface area (Å²) in [5.41, 5.74) is 2.59. The number of ether oxygens (including phenoxy) is 2. The third kappa shape index (κ3) is 5.87. The molecule has 162 valence electrons. The first-order valence-electron chi connectivity index (χ1n) is 9.64. The van der Waals surface area contributed by atoms with Crippen molar-refractivity contribution in [2.75, 3.05) is 12.4 Å². The van der Waals surface area contributed by atoms with E-state index in [1.807, 2.05) is 25.1 Å². The molecule has 0 atom stereocenters. The molecule has 0 fully saturated rings. The lowest BCUT2D eigenvalue weighted by molar-refractivity contribution is -0.112. The van der Waals surface area contributed by atoms with Gasteiger partial charge in [0.25, 0.3) is 5.91 Å². The second-order valence-corrected chi connectivity index (χ2v) is 7.35. The van der Waals surface area contributed by atoms with Gasteiger partial charge in [-0.3, -0.25) is 4.79 Å². The highest BCUT2D eigenvalue weighted by atomic mass is 35.5. The van der Waals surface area contributed by atoms with E-state index in [1.165, 1.54) is 25.3 Å². The van der Waals surface area contributed by atoms with Crippen LogP contribution in [0.1, 0.15) is 16.7 Å². The van der Waals surface area contributed by atoms with Crippen LogP contribution in [-0.2, 0) is 11.4 Å². The van der Waals surface area contributed by atoms with Gasteiger partial charge in [-0.15, -0.1) is 0 Å². The van der Waals surface area contributed by atoms with E-state index in [1.54, 1.807) is 36.4 Å². The molecule has 0 radical (unpaired) electrons. The molecule has 1 amide bonds. The van der Waals surface area contributed by atoms with E-state index in [0.29, 0.717) is 22.6 Å². The predicted molar refractivity (Wildman–Crippen MR) is 122 cm³/mol. The van der Waals surface area contributed by atoms with E-state index in [4.69, 9.17) is 21.1 Å². The number of anilines is 1. The van der Waals surface area contributed by atoms with E-state index in [9.17, 15) is 14.4 Å². The molecular formula is C25H20ClFN2O3. The molecule has 0 spiro atoms. The monoisotopic (exact) mass is 450 g/mol. The molecule has 3 aromatic rings. The molecule has 0 heterocycles. The number of amides is 1. The van der Waals surface area contributed by atoms with Gasteiger partial charge in [0.1, 0.15) is 24.1 Å². The zero-order chi connectivity index (χ0) is 23.1. The Balaban J connectivity index is 1.82. The average molecular weight is 451 g/mol. The average Bonchev–Trinajstić information content (AvgIpc) is 2.76. The molecule has 1 N–H and O–H groups in total. The summed E-state index contributed by atoms with van der Waals surface area (Å²) in [5, 5.41) is 12.4. The van der Waals surface area contributed by atoms with Gasteiger partial charge in [0, 0.05) is 5.69 Å². The van der Waals surface area contributed by atoms with E-state index >= 15 is 0 Å². The number of hydrogen-bond acceptors (Lipinski definition) is 4. The number of nitriles is 1. The van der Waals surface area contributed by atoms with Crippen LogP contribution < -0.4 is 14.8 Å². The van der Waals surface area contributed by atoms with Crippen molar-refractivity contribution in [3.05, 3.63) is 93.8 Å². The van der Waals surface area contributed by atoms with Gasteiger partial charge in [0.05, 0.1) is 12.1 Å². The maximum Gasteiger partial charge on any atom is 0.266 e. The summed E-state index contributed by atoms with van der Waals surface area (Å²) >= 11 is 6.37. The molecule has 7 heteroatoms. The molecule has 0 bridgehead atoms. The molecule has 5 nitrogen and oxygen atoms in total. The molecule has 32 heavy (non-hydrogen) atoms. The maximum atomic E-state index is 13.4. The van der Waals surface area contributed by atoms with Crippen LogP contribution >= 0.6 is 11.6 Å². The van der Waals surface area contributed by atoms with Gasteiger partial charge in [-0.1, -0.05) is 35.9 Å². The standard InChI is InChI=1S/C25H20ClFN2O3/c1-16-5-3-8-21(9-16)29-25(30)19(14-28)10-18-12-22(26)24(23(13-18)31-2)32-15-17-6-4-7-20(27)11-17/h3-13H,15H2,1-2H3,(H,29,30)/b19-10-. The van der Waals surface area contributed by atoms with Crippen molar-refractivity contribution >= 4 is 29.3 Å². The number of halogens is 2. The number of methoxy groups -OCH3 is 1. The fraction of sp³-hybridized carbons (Fsp3) is 0.120. The van der Waals surface area contributed by atoms with Crippen LogP contribution in [0, 0.1) is 24.1 Å². The van der Waals surface area contributed by atoms with Crippen LogP contribution in [0.15, 0.2) is 66.2 Å². The first-order chi connectivity index (χ1) is 15.4. The minimum atomic E-state index is -0.542. The number of nitrogens with one attached hydrogen (secondary N) is 1. The van der Waals surface area contributed by atoms with Crippen LogP contribution in [0.25, 0.3) is 6.08 Å². The van der Waals surface area contributed by atoms with E-state index in [0.717, 1.165) is 5.56 Å². The number of benzene rings is 3. The second-order valence-electron chi connectivity index (χ2n) is 6.95.